The zero-order chi connectivity index (χ0) is 15.6. The maximum absolute atomic E-state index is 12.1. The number of aliphatic imine (C=N–C) groups is 1. The van der Waals surface area contributed by atoms with Gasteiger partial charge in [-0.15, -0.1) is 24.0 Å². The first-order valence-electron chi connectivity index (χ1n) is 7.65. The lowest BCUT2D eigenvalue weighted by Crippen LogP contribution is -2.43. The van der Waals surface area contributed by atoms with Crippen LogP contribution < -0.4 is 11.1 Å². The van der Waals surface area contributed by atoms with Crippen LogP contribution in [0, 0.1) is 0 Å². The number of nitrogens with two attached hydrogens (primary N) is 1. The number of guanidine groups is 1. The smallest absolute Gasteiger partial charge is 0.215 e. The van der Waals surface area contributed by atoms with Crippen LogP contribution in [-0.2, 0) is 10.0 Å². The fourth-order valence-corrected chi connectivity index (χ4v) is 4.55. The van der Waals surface area contributed by atoms with Crippen LogP contribution in [0.4, 0.5) is 0 Å². The van der Waals surface area contributed by atoms with Gasteiger partial charge in [-0.1, -0.05) is 26.2 Å². The summed E-state index contributed by atoms with van der Waals surface area (Å²) >= 11 is 1.80. The van der Waals surface area contributed by atoms with Crippen molar-refractivity contribution in [3.8, 4) is 0 Å². The molecule has 22 heavy (non-hydrogen) atoms. The number of rotatable bonds is 9. The van der Waals surface area contributed by atoms with Crippen LogP contribution >= 0.6 is 35.7 Å². The van der Waals surface area contributed by atoms with E-state index in [1.807, 2.05) is 0 Å². The van der Waals surface area contributed by atoms with E-state index in [-0.39, 0.29) is 29.7 Å². The number of thioether (sulfide) groups is 1. The first-order chi connectivity index (χ1) is 10.1. The third kappa shape index (κ3) is 9.41. The lowest BCUT2D eigenvalue weighted by Gasteiger charge is -2.25. The molecule has 0 aromatic heterocycles. The minimum Gasteiger partial charge on any atom is -0.370 e. The van der Waals surface area contributed by atoms with Crippen molar-refractivity contribution in [3.63, 3.8) is 0 Å². The third-order valence-corrected chi connectivity index (χ3v) is 6.14. The Morgan fingerprint density at radius 1 is 1.27 bits per heavy atom. The molecule has 1 aliphatic heterocycles. The summed E-state index contributed by atoms with van der Waals surface area (Å²) in [7, 11) is -3.16. The van der Waals surface area contributed by atoms with Gasteiger partial charge in [0, 0.05) is 37.7 Å². The summed E-state index contributed by atoms with van der Waals surface area (Å²) in [5, 5.41) is 2.89. The molecule has 1 rings (SSSR count). The lowest BCUT2D eigenvalue weighted by molar-refractivity contribution is 0.443. The van der Waals surface area contributed by atoms with Crippen LogP contribution in [0.25, 0.3) is 0 Å². The normalized spacial score (nSPS) is 17.0. The largest absolute Gasteiger partial charge is 0.370 e. The molecule has 0 aromatic carbocycles. The van der Waals surface area contributed by atoms with Gasteiger partial charge in [0.2, 0.25) is 10.0 Å². The lowest BCUT2D eigenvalue weighted by atomic mass is 10.2. The molecule has 9 heteroatoms. The van der Waals surface area contributed by atoms with Gasteiger partial charge in [-0.25, -0.2) is 12.7 Å². The second-order valence-electron chi connectivity index (χ2n) is 5.08. The molecule has 0 radical (unpaired) electrons. The van der Waals surface area contributed by atoms with Gasteiger partial charge in [0.25, 0.3) is 0 Å². The van der Waals surface area contributed by atoms with Gasteiger partial charge in [0.15, 0.2) is 5.96 Å². The molecule has 1 fully saturated rings. The molecule has 0 atom stereocenters. The molecular formula is C13H29IN4O2S2. The zero-order valence-electron chi connectivity index (χ0n) is 13.3. The second-order valence-corrected chi connectivity index (χ2v) is 8.40. The highest BCUT2D eigenvalue weighted by Crippen LogP contribution is 2.12. The van der Waals surface area contributed by atoms with Gasteiger partial charge in [0.1, 0.15) is 0 Å². The number of halogens is 1. The fraction of sp³-hybridized carbons (Fsp3) is 0.923. The molecule has 1 heterocycles. The Hall–Kier alpha value is 0.260. The van der Waals surface area contributed by atoms with Crippen molar-refractivity contribution in [2.24, 2.45) is 10.7 Å². The molecule has 1 aliphatic rings. The van der Waals surface area contributed by atoms with E-state index < -0.39 is 10.0 Å². The SMILES string of the molecule is CCCCCCN=C(N)NCCS(=O)(=O)N1CCSCC1.I. The van der Waals surface area contributed by atoms with E-state index in [2.05, 4.69) is 17.2 Å². The Labute approximate surface area is 156 Å². The van der Waals surface area contributed by atoms with Crippen LogP contribution in [0.5, 0.6) is 0 Å². The van der Waals surface area contributed by atoms with E-state index in [0.29, 0.717) is 32.1 Å². The molecule has 1 saturated heterocycles. The first kappa shape index (κ1) is 22.3. The quantitative estimate of drug-likeness (QED) is 0.234. The summed E-state index contributed by atoms with van der Waals surface area (Å²) in [5.74, 6) is 2.18. The molecule has 0 aliphatic carbocycles. The predicted molar refractivity (Wildman–Crippen MR) is 107 cm³/mol. The minimum absolute atomic E-state index is 0. The van der Waals surface area contributed by atoms with Crippen molar-refractivity contribution in [3.05, 3.63) is 0 Å². The topological polar surface area (TPSA) is 87.8 Å². The number of nitrogens with one attached hydrogen (secondary N) is 1. The van der Waals surface area contributed by atoms with E-state index >= 15 is 0 Å². The second kappa shape index (κ2) is 12.7. The summed E-state index contributed by atoms with van der Waals surface area (Å²) in [6.07, 6.45) is 4.61. The highest BCUT2D eigenvalue weighted by atomic mass is 127. The monoisotopic (exact) mass is 464 g/mol. The summed E-state index contributed by atoms with van der Waals surface area (Å²) < 4.78 is 25.8. The standard InChI is InChI=1S/C13H28N4O2S2.HI/c1-2-3-4-5-6-15-13(14)16-7-12-21(18,19)17-8-10-20-11-9-17;/h2-12H2,1H3,(H3,14,15,16);1H. The van der Waals surface area contributed by atoms with E-state index in [0.717, 1.165) is 24.3 Å². The molecule has 0 unspecified atom stereocenters. The molecule has 0 amide bonds. The predicted octanol–water partition coefficient (Wildman–Crippen LogP) is 1.47. The number of hydrogen-bond acceptors (Lipinski definition) is 4. The first-order valence-corrected chi connectivity index (χ1v) is 10.4. The van der Waals surface area contributed by atoms with Crippen molar-refractivity contribution in [2.75, 3.05) is 43.4 Å². The average Bonchev–Trinajstić information content (AvgIpc) is 2.48. The highest BCUT2D eigenvalue weighted by Gasteiger charge is 2.23. The van der Waals surface area contributed by atoms with Gasteiger partial charge < -0.3 is 11.1 Å². The van der Waals surface area contributed by atoms with E-state index in [4.69, 9.17) is 5.73 Å². The Morgan fingerprint density at radius 2 is 1.95 bits per heavy atom. The minimum atomic E-state index is -3.16. The van der Waals surface area contributed by atoms with Crippen molar-refractivity contribution >= 4 is 51.7 Å². The Bertz CT molecular complexity index is 412. The van der Waals surface area contributed by atoms with Crippen LogP contribution in [0.15, 0.2) is 4.99 Å². The van der Waals surface area contributed by atoms with Crippen molar-refractivity contribution in [2.45, 2.75) is 32.6 Å². The average molecular weight is 464 g/mol. The van der Waals surface area contributed by atoms with E-state index in [9.17, 15) is 8.42 Å². The molecule has 0 bridgehead atoms. The van der Waals surface area contributed by atoms with Gasteiger partial charge >= 0.3 is 0 Å². The molecule has 132 valence electrons. The zero-order valence-corrected chi connectivity index (χ0v) is 17.3. The van der Waals surface area contributed by atoms with E-state index in [1.165, 1.54) is 12.8 Å². The number of unbranched alkanes of at least 4 members (excludes halogenated alkanes) is 3. The Kier molecular flexibility index (Phi) is 12.8. The number of hydrogen-bond donors (Lipinski definition) is 2. The highest BCUT2D eigenvalue weighted by molar-refractivity contribution is 14.0. The van der Waals surface area contributed by atoms with Gasteiger partial charge in [-0.2, -0.15) is 11.8 Å². The third-order valence-electron chi connectivity index (χ3n) is 3.32. The molecule has 3 N–H and O–H groups in total. The van der Waals surface area contributed by atoms with Crippen molar-refractivity contribution < 1.29 is 8.42 Å². The van der Waals surface area contributed by atoms with Crippen molar-refractivity contribution in [1.29, 1.82) is 0 Å². The molecule has 0 saturated carbocycles. The Morgan fingerprint density at radius 3 is 2.59 bits per heavy atom. The molecular weight excluding hydrogens is 435 g/mol. The Balaban J connectivity index is 0.00000441. The van der Waals surface area contributed by atoms with Crippen LogP contribution in [0.2, 0.25) is 0 Å². The molecule has 0 spiro atoms. The summed E-state index contributed by atoms with van der Waals surface area (Å²) in [5.41, 5.74) is 5.72. The maximum Gasteiger partial charge on any atom is 0.215 e. The van der Waals surface area contributed by atoms with Crippen LogP contribution in [0.1, 0.15) is 32.6 Å². The number of sulfonamides is 1. The van der Waals surface area contributed by atoms with Crippen LogP contribution in [-0.4, -0.2) is 62.1 Å². The van der Waals surface area contributed by atoms with Crippen molar-refractivity contribution in [1.82, 2.24) is 9.62 Å². The molecule has 0 aromatic rings. The maximum atomic E-state index is 12.1. The van der Waals surface area contributed by atoms with Gasteiger partial charge in [-0.3, -0.25) is 4.99 Å². The summed E-state index contributed by atoms with van der Waals surface area (Å²) in [6.45, 7) is 4.42. The summed E-state index contributed by atoms with van der Waals surface area (Å²) in [6, 6.07) is 0. The van der Waals surface area contributed by atoms with Crippen LogP contribution in [0.3, 0.4) is 0 Å². The van der Waals surface area contributed by atoms with Gasteiger partial charge in [-0.05, 0) is 6.42 Å². The summed E-state index contributed by atoms with van der Waals surface area (Å²) in [4.78, 5) is 4.20. The van der Waals surface area contributed by atoms with E-state index in [1.54, 1.807) is 16.1 Å². The van der Waals surface area contributed by atoms with Gasteiger partial charge in [0.05, 0.1) is 5.75 Å². The molecule has 6 nitrogen and oxygen atoms in total. The fourth-order valence-electron chi connectivity index (χ4n) is 2.06. The number of nitrogens with zero attached hydrogens (tertiary/aromatic N) is 2.